The maximum atomic E-state index is 13.8. The molecule has 2 fully saturated rings. The van der Waals surface area contributed by atoms with Crippen molar-refractivity contribution in [1.29, 1.82) is 0 Å². The van der Waals surface area contributed by atoms with Crippen molar-refractivity contribution in [1.82, 2.24) is 15.5 Å². The first-order valence-corrected chi connectivity index (χ1v) is 14.8. The number of amides is 2. The number of likely N-dealkylation sites (tertiary alicyclic amines) is 1. The maximum absolute atomic E-state index is 13.8. The molecular formula is C34H37N3O5. The summed E-state index contributed by atoms with van der Waals surface area (Å²) in [5, 5.41) is 15.5. The first-order valence-electron chi connectivity index (χ1n) is 14.8. The molecule has 42 heavy (non-hydrogen) atoms. The van der Waals surface area contributed by atoms with E-state index in [2.05, 4.69) is 51.9 Å². The molecule has 0 spiro atoms. The molecule has 2 amide bonds. The van der Waals surface area contributed by atoms with E-state index in [1.807, 2.05) is 42.5 Å². The molecule has 1 heterocycles. The number of nitrogens with one attached hydrogen (secondary N) is 2. The average molecular weight is 568 g/mol. The second kappa shape index (κ2) is 12.0. The number of hydrogen-bond acceptors (Lipinski definition) is 5. The van der Waals surface area contributed by atoms with Gasteiger partial charge in [0.25, 0.3) is 0 Å². The monoisotopic (exact) mass is 567 g/mol. The number of aliphatic carboxylic acids is 1. The number of fused-ring (bicyclic) bond motifs is 3. The van der Waals surface area contributed by atoms with Crippen LogP contribution in [0.5, 0.6) is 0 Å². The molecule has 8 nitrogen and oxygen atoms in total. The summed E-state index contributed by atoms with van der Waals surface area (Å²) in [5.74, 6) is -1.61. The number of carboxylic acids is 1. The Morgan fingerprint density at radius 2 is 1.48 bits per heavy atom. The molecule has 0 bridgehead atoms. The molecule has 2 atom stereocenters. The van der Waals surface area contributed by atoms with E-state index in [1.165, 1.54) is 5.56 Å². The molecule has 1 saturated carbocycles. The largest absolute Gasteiger partial charge is 0.481 e. The number of carboxylic acid groups (broad SMARTS) is 1. The molecule has 8 heteroatoms. The molecule has 218 valence electrons. The van der Waals surface area contributed by atoms with Crippen molar-refractivity contribution in [3.8, 4) is 11.1 Å². The molecule has 1 saturated heterocycles. The highest BCUT2D eigenvalue weighted by molar-refractivity contribution is 5.90. The number of rotatable bonds is 8. The summed E-state index contributed by atoms with van der Waals surface area (Å²) < 4.78 is 5.84. The van der Waals surface area contributed by atoms with E-state index >= 15 is 0 Å². The third-order valence-electron chi connectivity index (χ3n) is 9.20. The second-order valence-electron chi connectivity index (χ2n) is 11.8. The number of hydrogen-bond donors (Lipinski definition) is 3. The summed E-state index contributed by atoms with van der Waals surface area (Å²) in [6.07, 6.45) is 1.82. The van der Waals surface area contributed by atoms with Gasteiger partial charge in [-0.05, 0) is 59.9 Å². The zero-order valence-corrected chi connectivity index (χ0v) is 23.6. The Balaban J connectivity index is 1.14. The molecule has 0 radical (unpaired) electrons. The Morgan fingerprint density at radius 1 is 0.857 bits per heavy atom. The van der Waals surface area contributed by atoms with Crippen molar-refractivity contribution < 1.29 is 24.2 Å². The quantitative estimate of drug-likeness (QED) is 0.356. The lowest BCUT2D eigenvalue weighted by Crippen LogP contribution is -2.64. The Morgan fingerprint density at radius 3 is 2.10 bits per heavy atom. The van der Waals surface area contributed by atoms with Crippen LogP contribution in [-0.2, 0) is 20.9 Å². The smallest absolute Gasteiger partial charge is 0.408 e. The van der Waals surface area contributed by atoms with Gasteiger partial charge >= 0.3 is 12.1 Å². The molecule has 3 aliphatic rings. The highest BCUT2D eigenvalue weighted by atomic mass is 16.5. The number of carbonyl (C=O) groups excluding carboxylic acids is 2. The first-order chi connectivity index (χ1) is 20.4. The molecule has 3 aromatic carbocycles. The molecule has 3 aromatic rings. The van der Waals surface area contributed by atoms with Crippen molar-refractivity contribution in [3.05, 3.63) is 95.6 Å². The fourth-order valence-corrected chi connectivity index (χ4v) is 6.83. The van der Waals surface area contributed by atoms with Gasteiger partial charge < -0.3 is 20.5 Å². The van der Waals surface area contributed by atoms with Crippen LogP contribution in [0, 0.1) is 5.92 Å². The van der Waals surface area contributed by atoms with Crippen LogP contribution in [-0.4, -0.2) is 59.3 Å². The van der Waals surface area contributed by atoms with Crippen LogP contribution in [0.15, 0.2) is 78.9 Å². The van der Waals surface area contributed by atoms with Crippen molar-refractivity contribution in [2.75, 3.05) is 19.7 Å². The lowest BCUT2D eigenvalue weighted by Gasteiger charge is -2.41. The minimum absolute atomic E-state index is 0.0768. The molecule has 2 aliphatic carbocycles. The zero-order valence-electron chi connectivity index (χ0n) is 23.6. The number of ether oxygens (including phenoxy) is 1. The van der Waals surface area contributed by atoms with Gasteiger partial charge in [-0.3, -0.25) is 14.5 Å². The zero-order chi connectivity index (χ0) is 29.1. The fraction of sp³-hybridized carbons (Fsp3) is 0.382. The first kappa shape index (κ1) is 28.0. The third kappa shape index (κ3) is 5.77. The van der Waals surface area contributed by atoms with Crippen molar-refractivity contribution in [3.63, 3.8) is 0 Å². The van der Waals surface area contributed by atoms with Gasteiger partial charge in [-0.1, -0.05) is 78.9 Å². The van der Waals surface area contributed by atoms with Crippen molar-refractivity contribution in [2.45, 2.75) is 56.1 Å². The van der Waals surface area contributed by atoms with Crippen LogP contribution >= 0.6 is 0 Å². The summed E-state index contributed by atoms with van der Waals surface area (Å²) in [7, 11) is 0. The number of carbonyl (C=O) groups is 3. The van der Waals surface area contributed by atoms with Gasteiger partial charge in [0.2, 0.25) is 5.91 Å². The summed E-state index contributed by atoms with van der Waals surface area (Å²) in [5.41, 5.74) is 4.63. The van der Waals surface area contributed by atoms with Crippen LogP contribution in [0.25, 0.3) is 11.1 Å². The maximum Gasteiger partial charge on any atom is 0.408 e. The predicted octanol–water partition coefficient (Wildman–Crippen LogP) is 4.93. The van der Waals surface area contributed by atoms with E-state index < -0.39 is 23.5 Å². The van der Waals surface area contributed by atoms with Crippen LogP contribution in [0.4, 0.5) is 4.79 Å². The van der Waals surface area contributed by atoms with E-state index in [0.717, 1.165) is 28.8 Å². The van der Waals surface area contributed by atoms with Crippen LogP contribution in [0.1, 0.15) is 54.7 Å². The SMILES string of the molecule is O=C(NC1(C(=O)N[C@H]2CC[C@@H](C(=O)O)C2)CCN(Cc2ccccc2)CC1)OCC1c2ccccc2-c2ccccc21. The molecule has 0 unspecified atom stereocenters. The Hall–Kier alpha value is -4.17. The fourth-order valence-electron chi connectivity index (χ4n) is 6.83. The highest BCUT2D eigenvalue weighted by Gasteiger charge is 2.45. The summed E-state index contributed by atoms with van der Waals surface area (Å²) in [6, 6.07) is 26.3. The number of benzene rings is 3. The van der Waals surface area contributed by atoms with E-state index in [0.29, 0.717) is 45.2 Å². The van der Waals surface area contributed by atoms with Gasteiger partial charge in [0, 0.05) is 31.6 Å². The second-order valence-corrected chi connectivity index (χ2v) is 11.8. The van der Waals surface area contributed by atoms with E-state index in [4.69, 9.17) is 4.74 Å². The minimum atomic E-state index is -1.13. The van der Waals surface area contributed by atoms with Gasteiger partial charge in [-0.25, -0.2) is 4.79 Å². The lowest BCUT2D eigenvalue weighted by molar-refractivity contribution is -0.141. The van der Waals surface area contributed by atoms with Gasteiger partial charge in [0.15, 0.2) is 0 Å². The normalized spacial score (nSPS) is 21.2. The number of alkyl carbamates (subject to hydrolysis) is 1. The van der Waals surface area contributed by atoms with Gasteiger partial charge in [0.1, 0.15) is 12.1 Å². The standard InChI is InChI=1S/C34H37N3O5/c38-31(39)24-14-15-25(20-24)35-32(40)34(16-18-37(19-17-34)21-23-8-2-1-3-9-23)36-33(41)42-22-30-28-12-6-4-10-26(28)27-11-5-7-13-29(27)30/h1-13,24-25,30H,14-22H2,(H,35,40)(H,36,41)(H,38,39)/t24-,25+/m1/s1. The Labute approximate surface area is 246 Å². The van der Waals surface area contributed by atoms with Gasteiger partial charge in [-0.15, -0.1) is 0 Å². The Bertz CT molecular complexity index is 1400. The van der Waals surface area contributed by atoms with E-state index in [-0.39, 0.29) is 24.5 Å². The molecular weight excluding hydrogens is 530 g/mol. The molecule has 0 aromatic heterocycles. The van der Waals surface area contributed by atoms with Gasteiger partial charge in [0.05, 0.1) is 5.92 Å². The summed E-state index contributed by atoms with van der Waals surface area (Å²) in [4.78, 5) is 40.9. The predicted molar refractivity (Wildman–Crippen MR) is 159 cm³/mol. The molecule has 3 N–H and O–H groups in total. The summed E-state index contributed by atoms with van der Waals surface area (Å²) >= 11 is 0. The molecule has 1 aliphatic heterocycles. The molecule has 6 rings (SSSR count). The van der Waals surface area contributed by atoms with Crippen LogP contribution in [0.2, 0.25) is 0 Å². The van der Waals surface area contributed by atoms with Crippen LogP contribution < -0.4 is 10.6 Å². The van der Waals surface area contributed by atoms with Crippen LogP contribution in [0.3, 0.4) is 0 Å². The van der Waals surface area contributed by atoms with Crippen molar-refractivity contribution >= 4 is 18.0 Å². The van der Waals surface area contributed by atoms with Crippen molar-refractivity contribution in [2.24, 2.45) is 5.92 Å². The topological polar surface area (TPSA) is 108 Å². The summed E-state index contributed by atoms with van der Waals surface area (Å²) in [6.45, 7) is 2.20. The van der Waals surface area contributed by atoms with Gasteiger partial charge in [-0.2, -0.15) is 0 Å². The van der Waals surface area contributed by atoms with E-state index in [9.17, 15) is 19.5 Å². The number of nitrogens with zero attached hydrogens (tertiary/aromatic N) is 1. The highest BCUT2D eigenvalue weighted by Crippen LogP contribution is 2.44. The number of piperidine rings is 1. The van der Waals surface area contributed by atoms with E-state index in [1.54, 1.807) is 0 Å². The average Bonchev–Trinajstić information content (AvgIpc) is 3.61. The minimum Gasteiger partial charge on any atom is -0.481 e. The Kier molecular flexibility index (Phi) is 7.98. The third-order valence-corrected chi connectivity index (χ3v) is 9.20. The lowest BCUT2D eigenvalue weighted by atomic mass is 9.86.